The minimum absolute atomic E-state index is 0.105. The Bertz CT molecular complexity index is 1140. The predicted octanol–water partition coefficient (Wildman–Crippen LogP) is 6.29. The lowest BCUT2D eigenvalue weighted by molar-refractivity contribution is 0.308. The summed E-state index contributed by atoms with van der Waals surface area (Å²) in [6, 6.07) is 24.4. The number of fused-ring (bicyclic) bond motifs is 1. The molecular weight excluding hydrogens is 370 g/mol. The highest BCUT2D eigenvalue weighted by atomic mass is 16.5. The Labute approximate surface area is 177 Å². The number of imidazole rings is 1. The number of nitrogens with one attached hydrogen (secondary N) is 1. The van der Waals surface area contributed by atoms with Crippen LogP contribution in [0, 0.1) is 0 Å². The third-order valence-electron chi connectivity index (χ3n) is 4.60. The first-order valence-electron chi connectivity index (χ1n) is 10.2. The number of aromatic nitrogens is 2. The predicted molar refractivity (Wildman–Crippen MR) is 125 cm³/mol. The highest BCUT2D eigenvalue weighted by molar-refractivity contribution is 5.77. The number of pyridine rings is 1. The van der Waals surface area contributed by atoms with Gasteiger partial charge in [0.05, 0.1) is 0 Å². The van der Waals surface area contributed by atoms with Crippen molar-refractivity contribution < 1.29 is 4.74 Å². The van der Waals surface area contributed by atoms with E-state index in [1.165, 1.54) is 0 Å². The Morgan fingerprint density at radius 2 is 1.60 bits per heavy atom. The summed E-state index contributed by atoms with van der Waals surface area (Å²) < 4.78 is 8.20. The maximum absolute atomic E-state index is 6.13. The van der Waals surface area contributed by atoms with Gasteiger partial charge in [0.25, 0.3) is 0 Å². The second-order valence-corrected chi connectivity index (χ2v) is 8.30. The smallest absolute Gasteiger partial charge is 0.181 e. The normalized spacial score (nSPS) is 11.8. The standard InChI is InChI=1S/C26H27N3O/c1-26(2,3)28-24-22(17-16-20-11-6-4-7-12-20)27-25-23(15-10-18-29(24)25)30-19-21-13-8-5-9-14-21/h4-18,28H,19H2,1-3H3. The Morgan fingerprint density at radius 3 is 2.30 bits per heavy atom. The largest absolute Gasteiger partial charge is 0.485 e. The Hall–Kier alpha value is -3.53. The van der Waals surface area contributed by atoms with Crippen molar-refractivity contribution in [3.05, 3.63) is 95.8 Å². The van der Waals surface area contributed by atoms with Crippen LogP contribution in [0.5, 0.6) is 5.75 Å². The lowest BCUT2D eigenvalue weighted by Crippen LogP contribution is -2.27. The number of anilines is 1. The fourth-order valence-corrected chi connectivity index (χ4v) is 3.24. The van der Waals surface area contributed by atoms with Crippen LogP contribution in [0.4, 0.5) is 5.82 Å². The van der Waals surface area contributed by atoms with Crippen molar-refractivity contribution in [1.29, 1.82) is 0 Å². The van der Waals surface area contributed by atoms with E-state index in [-0.39, 0.29) is 5.54 Å². The maximum atomic E-state index is 6.13. The summed E-state index contributed by atoms with van der Waals surface area (Å²) in [5.41, 5.74) is 3.84. The third kappa shape index (κ3) is 4.71. The number of ether oxygens (including phenoxy) is 1. The van der Waals surface area contributed by atoms with Crippen molar-refractivity contribution in [3.63, 3.8) is 0 Å². The third-order valence-corrected chi connectivity index (χ3v) is 4.60. The van der Waals surface area contributed by atoms with Crippen LogP contribution in [0.3, 0.4) is 0 Å². The van der Waals surface area contributed by atoms with E-state index >= 15 is 0 Å². The van der Waals surface area contributed by atoms with Gasteiger partial charge in [-0.15, -0.1) is 0 Å². The van der Waals surface area contributed by atoms with Gasteiger partial charge in [-0.2, -0.15) is 0 Å². The van der Waals surface area contributed by atoms with Crippen molar-refractivity contribution in [2.75, 3.05) is 5.32 Å². The van der Waals surface area contributed by atoms with Gasteiger partial charge in [-0.3, -0.25) is 4.40 Å². The van der Waals surface area contributed by atoms with E-state index in [4.69, 9.17) is 9.72 Å². The van der Waals surface area contributed by atoms with Crippen LogP contribution in [0.15, 0.2) is 79.0 Å². The quantitative estimate of drug-likeness (QED) is 0.415. The molecule has 0 atom stereocenters. The molecule has 4 heteroatoms. The first kappa shape index (κ1) is 19.8. The van der Waals surface area contributed by atoms with E-state index < -0.39 is 0 Å². The molecule has 152 valence electrons. The van der Waals surface area contributed by atoms with Gasteiger partial charge in [-0.25, -0.2) is 4.98 Å². The van der Waals surface area contributed by atoms with Crippen LogP contribution >= 0.6 is 0 Å². The minimum atomic E-state index is -0.105. The van der Waals surface area contributed by atoms with Crippen LogP contribution in [0.25, 0.3) is 17.8 Å². The second-order valence-electron chi connectivity index (χ2n) is 8.30. The monoisotopic (exact) mass is 397 g/mol. The summed E-state index contributed by atoms with van der Waals surface area (Å²) in [5, 5.41) is 3.60. The minimum Gasteiger partial charge on any atom is -0.485 e. The molecule has 4 nitrogen and oxygen atoms in total. The van der Waals surface area contributed by atoms with Crippen molar-refractivity contribution in [2.24, 2.45) is 0 Å². The highest BCUT2D eigenvalue weighted by Gasteiger charge is 2.18. The molecule has 1 N–H and O–H groups in total. The zero-order valence-electron chi connectivity index (χ0n) is 17.7. The lowest BCUT2D eigenvalue weighted by atomic mass is 10.1. The molecule has 0 spiro atoms. The average Bonchev–Trinajstić information content (AvgIpc) is 3.09. The van der Waals surface area contributed by atoms with Gasteiger partial charge in [-0.05, 0) is 50.1 Å². The number of rotatable bonds is 6. The Morgan fingerprint density at radius 1 is 0.900 bits per heavy atom. The second kappa shape index (κ2) is 8.46. The molecule has 2 aromatic carbocycles. The van der Waals surface area contributed by atoms with Crippen molar-refractivity contribution in [1.82, 2.24) is 9.38 Å². The molecule has 0 saturated heterocycles. The number of hydrogen-bond donors (Lipinski definition) is 1. The molecule has 2 aromatic heterocycles. The zero-order valence-corrected chi connectivity index (χ0v) is 17.7. The molecule has 4 rings (SSSR count). The summed E-state index contributed by atoms with van der Waals surface area (Å²) >= 11 is 0. The molecule has 0 radical (unpaired) electrons. The van der Waals surface area contributed by atoms with E-state index in [0.717, 1.165) is 34.0 Å². The fraction of sp³-hybridized carbons (Fsp3) is 0.192. The lowest BCUT2D eigenvalue weighted by Gasteiger charge is -2.22. The maximum Gasteiger partial charge on any atom is 0.181 e. The Balaban J connectivity index is 1.72. The molecule has 4 aromatic rings. The SMILES string of the molecule is CC(C)(C)Nc1c(C=Cc2ccccc2)nc2c(OCc3ccccc3)cccn12. The molecule has 30 heavy (non-hydrogen) atoms. The number of benzene rings is 2. The van der Waals surface area contributed by atoms with E-state index in [1.807, 2.05) is 54.7 Å². The molecule has 0 fully saturated rings. The van der Waals surface area contributed by atoms with Crippen molar-refractivity contribution in [2.45, 2.75) is 32.9 Å². The summed E-state index contributed by atoms with van der Waals surface area (Å²) in [6.07, 6.45) is 6.16. The molecular formula is C26H27N3O. The summed E-state index contributed by atoms with van der Waals surface area (Å²) in [5.74, 6) is 1.72. The van der Waals surface area contributed by atoms with Gasteiger partial charge in [0.1, 0.15) is 18.1 Å². The molecule has 0 bridgehead atoms. The topological polar surface area (TPSA) is 38.6 Å². The number of nitrogens with zero attached hydrogens (tertiary/aromatic N) is 2. The summed E-state index contributed by atoms with van der Waals surface area (Å²) in [7, 11) is 0. The van der Waals surface area contributed by atoms with Gasteiger partial charge in [0, 0.05) is 11.7 Å². The average molecular weight is 398 g/mol. The van der Waals surface area contributed by atoms with E-state index in [1.54, 1.807) is 0 Å². The number of hydrogen-bond acceptors (Lipinski definition) is 3. The molecule has 0 amide bonds. The van der Waals surface area contributed by atoms with Gasteiger partial charge < -0.3 is 10.1 Å². The molecule has 0 aliphatic carbocycles. The molecule has 0 saturated carbocycles. The van der Waals surface area contributed by atoms with Crippen LogP contribution < -0.4 is 10.1 Å². The Kier molecular flexibility index (Phi) is 5.57. The van der Waals surface area contributed by atoms with Crippen molar-refractivity contribution in [3.8, 4) is 5.75 Å². The van der Waals surface area contributed by atoms with Crippen LogP contribution in [0.2, 0.25) is 0 Å². The van der Waals surface area contributed by atoms with Gasteiger partial charge in [0.2, 0.25) is 0 Å². The molecule has 0 aliphatic heterocycles. The van der Waals surface area contributed by atoms with Crippen LogP contribution in [-0.2, 0) is 6.61 Å². The zero-order chi connectivity index (χ0) is 21.0. The van der Waals surface area contributed by atoms with Gasteiger partial charge >= 0.3 is 0 Å². The van der Waals surface area contributed by atoms with E-state index in [2.05, 4.69) is 66.9 Å². The first-order chi connectivity index (χ1) is 14.5. The molecule has 0 aliphatic rings. The highest BCUT2D eigenvalue weighted by Crippen LogP contribution is 2.29. The van der Waals surface area contributed by atoms with Crippen molar-refractivity contribution >= 4 is 23.6 Å². The summed E-state index contributed by atoms with van der Waals surface area (Å²) in [4.78, 5) is 4.91. The molecule has 0 unspecified atom stereocenters. The molecule has 2 heterocycles. The fourth-order valence-electron chi connectivity index (χ4n) is 3.24. The summed E-state index contributed by atoms with van der Waals surface area (Å²) in [6.45, 7) is 6.94. The van der Waals surface area contributed by atoms with E-state index in [0.29, 0.717) is 6.61 Å². The van der Waals surface area contributed by atoms with Gasteiger partial charge in [-0.1, -0.05) is 66.7 Å². The first-order valence-corrected chi connectivity index (χ1v) is 10.2. The van der Waals surface area contributed by atoms with Crippen LogP contribution in [0.1, 0.15) is 37.6 Å². The van der Waals surface area contributed by atoms with Gasteiger partial charge in [0.15, 0.2) is 11.4 Å². The van der Waals surface area contributed by atoms with E-state index in [9.17, 15) is 0 Å². The van der Waals surface area contributed by atoms with Crippen LogP contribution in [-0.4, -0.2) is 14.9 Å².